The van der Waals surface area contributed by atoms with Crippen LogP contribution in [0.2, 0.25) is 0 Å². The van der Waals surface area contributed by atoms with E-state index in [0.717, 1.165) is 30.7 Å². The largest absolute Gasteiger partial charge is 0.480 e. The molecule has 1 atom stereocenters. The summed E-state index contributed by atoms with van der Waals surface area (Å²) in [4.78, 5) is 17.7. The lowest BCUT2D eigenvalue weighted by atomic mass is 10.0. The van der Waals surface area contributed by atoms with Crippen molar-refractivity contribution in [3.63, 3.8) is 0 Å². The topological polar surface area (TPSA) is 53.4 Å². The number of aromatic nitrogens is 1. The number of carboxylic acids is 1. The Morgan fingerprint density at radius 3 is 2.64 bits per heavy atom. The minimum atomic E-state index is -4.35. The average molecular weight is 370 g/mol. The van der Waals surface area contributed by atoms with Gasteiger partial charge in [0.05, 0.1) is 11.3 Å². The van der Waals surface area contributed by atoms with Gasteiger partial charge in [-0.3, -0.25) is 9.69 Å². The fourth-order valence-corrected chi connectivity index (χ4v) is 3.80. The monoisotopic (exact) mass is 370 g/mol. The van der Waals surface area contributed by atoms with Crippen molar-refractivity contribution < 1.29 is 23.1 Å². The molecule has 1 aromatic carbocycles. The first-order valence-corrected chi connectivity index (χ1v) is 8.81. The second kappa shape index (κ2) is 7.13. The van der Waals surface area contributed by atoms with Gasteiger partial charge >= 0.3 is 12.1 Å². The molecule has 0 radical (unpaired) electrons. The highest BCUT2D eigenvalue weighted by Gasteiger charge is 2.30. The number of benzene rings is 1. The smallest absolute Gasteiger partial charge is 0.416 e. The van der Waals surface area contributed by atoms with E-state index in [9.17, 15) is 23.1 Å². The van der Waals surface area contributed by atoms with Crippen LogP contribution in [0.4, 0.5) is 13.2 Å². The van der Waals surface area contributed by atoms with E-state index in [4.69, 9.17) is 0 Å². The molecule has 1 unspecified atom stereocenters. The number of likely N-dealkylation sites (tertiary alicyclic amines) is 1. The zero-order valence-corrected chi connectivity index (χ0v) is 14.1. The lowest BCUT2D eigenvalue weighted by molar-refractivity contribution is -0.145. The van der Waals surface area contributed by atoms with Gasteiger partial charge in [-0.05, 0) is 31.5 Å². The Labute approximate surface area is 146 Å². The molecule has 0 amide bonds. The number of aliphatic carboxylic acids is 1. The number of hydrogen-bond acceptors (Lipinski definition) is 4. The van der Waals surface area contributed by atoms with Crippen LogP contribution in [0.15, 0.2) is 29.6 Å². The van der Waals surface area contributed by atoms with Crippen LogP contribution < -0.4 is 0 Å². The van der Waals surface area contributed by atoms with E-state index in [0.29, 0.717) is 30.1 Å². The molecule has 0 aliphatic carbocycles. The molecule has 3 rings (SSSR count). The van der Waals surface area contributed by atoms with E-state index in [2.05, 4.69) is 4.98 Å². The molecule has 2 aromatic rings. The molecule has 1 aliphatic heterocycles. The second-order valence-corrected chi connectivity index (χ2v) is 6.90. The normalized spacial score (nSPS) is 19.1. The van der Waals surface area contributed by atoms with Crippen LogP contribution in [0, 0.1) is 0 Å². The molecule has 0 spiro atoms. The number of halogens is 3. The van der Waals surface area contributed by atoms with E-state index in [1.807, 2.05) is 10.3 Å². The number of carbonyl (C=O) groups is 1. The van der Waals surface area contributed by atoms with E-state index in [-0.39, 0.29) is 0 Å². The zero-order chi connectivity index (χ0) is 18.0. The van der Waals surface area contributed by atoms with Gasteiger partial charge in [0.15, 0.2) is 0 Å². The van der Waals surface area contributed by atoms with Crippen LogP contribution in [0.25, 0.3) is 10.6 Å². The van der Waals surface area contributed by atoms with Gasteiger partial charge in [0.2, 0.25) is 0 Å². The summed E-state index contributed by atoms with van der Waals surface area (Å²) in [6.07, 6.45) is -1.86. The van der Waals surface area contributed by atoms with Gasteiger partial charge in [0.25, 0.3) is 0 Å². The molecule has 8 heteroatoms. The fraction of sp³-hybridized carbons (Fsp3) is 0.412. The van der Waals surface area contributed by atoms with Crippen molar-refractivity contribution >= 4 is 17.3 Å². The maximum atomic E-state index is 12.6. The van der Waals surface area contributed by atoms with Gasteiger partial charge in [-0.25, -0.2) is 4.98 Å². The van der Waals surface area contributed by atoms with Gasteiger partial charge in [-0.2, -0.15) is 13.2 Å². The molecule has 4 nitrogen and oxygen atoms in total. The van der Waals surface area contributed by atoms with Crippen molar-refractivity contribution in [1.82, 2.24) is 9.88 Å². The third-order valence-corrected chi connectivity index (χ3v) is 5.21. The summed E-state index contributed by atoms with van der Waals surface area (Å²) in [6, 6.07) is 4.41. The van der Waals surface area contributed by atoms with Gasteiger partial charge < -0.3 is 5.11 Å². The lowest BCUT2D eigenvalue weighted by Crippen LogP contribution is -2.44. The standard InChI is InChI=1S/C17H17F3N2O2S/c18-17(19,20)12-6-4-11(5-7-12)15-21-13(10-25-15)9-22-8-2-1-3-14(22)16(23)24/h4-7,10,14H,1-3,8-9H2,(H,23,24). The molecule has 0 saturated carbocycles. The minimum Gasteiger partial charge on any atom is -0.480 e. The van der Waals surface area contributed by atoms with E-state index >= 15 is 0 Å². The van der Waals surface area contributed by atoms with Gasteiger partial charge in [-0.15, -0.1) is 11.3 Å². The van der Waals surface area contributed by atoms with Crippen molar-refractivity contribution in [3.05, 3.63) is 40.9 Å². The maximum Gasteiger partial charge on any atom is 0.416 e. The summed E-state index contributed by atoms with van der Waals surface area (Å²) in [6.45, 7) is 1.15. The van der Waals surface area contributed by atoms with Crippen molar-refractivity contribution in [2.45, 2.75) is 38.0 Å². The highest BCUT2D eigenvalue weighted by atomic mass is 32.1. The summed E-state index contributed by atoms with van der Waals surface area (Å²) in [7, 11) is 0. The van der Waals surface area contributed by atoms with Crippen LogP contribution in [0.1, 0.15) is 30.5 Å². The van der Waals surface area contributed by atoms with Crippen LogP contribution in [-0.2, 0) is 17.5 Å². The van der Waals surface area contributed by atoms with Crippen molar-refractivity contribution in [2.75, 3.05) is 6.54 Å². The highest BCUT2D eigenvalue weighted by molar-refractivity contribution is 7.13. The Hall–Kier alpha value is -1.93. The number of thiazole rings is 1. The number of piperidine rings is 1. The molecular weight excluding hydrogens is 353 g/mol. The lowest BCUT2D eigenvalue weighted by Gasteiger charge is -2.32. The number of alkyl halides is 3. The first-order chi connectivity index (χ1) is 11.8. The Bertz CT molecular complexity index is 743. The Balaban J connectivity index is 1.73. The predicted molar refractivity (Wildman–Crippen MR) is 88.2 cm³/mol. The summed E-state index contributed by atoms with van der Waals surface area (Å²) in [5, 5.41) is 11.8. The quantitative estimate of drug-likeness (QED) is 0.873. The highest BCUT2D eigenvalue weighted by Crippen LogP contribution is 2.32. The van der Waals surface area contributed by atoms with E-state index in [1.54, 1.807) is 0 Å². The molecule has 2 heterocycles. The van der Waals surface area contributed by atoms with Crippen LogP contribution in [-0.4, -0.2) is 33.5 Å². The fourth-order valence-electron chi connectivity index (χ4n) is 2.98. The molecule has 0 bridgehead atoms. The molecule has 134 valence electrons. The SMILES string of the molecule is O=C(O)C1CCCCN1Cc1csc(-c2ccc(C(F)(F)F)cc2)n1. The average Bonchev–Trinajstić information content (AvgIpc) is 3.03. The van der Waals surface area contributed by atoms with Gasteiger partial charge in [-0.1, -0.05) is 18.6 Å². The number of rotatable bonds is 4. The minimum absolute atomic E-state index is 0.439. The predicted octanol–water partition coefficient (Wildman–Crippen LogP) is 4.27. The first-order valence-electron chi connectivity index (χ1n) is 7.93. The third kappa shape index (κ3) is 4.19. The molecule has 1 aromatic heterocycles. The summed E-state index contributed by atoms with van der Waals surface area (Å²) in [5.41, 5.74) is 0.677. The van der Waals surface area contributed by atoms with Crippen molar-refractivity contribution in [3.8, 4) is 10.6 Å². The van der Waals surface area contributed by atoms with E-state index in [1.165, 1.54) is 23.5 Å². The van der Waals surface area contributed by atoms with Gasteiger partial charge in [0, 0.05) is 17.5 Å². The number of hydrogen-bond donors (Lipinski definition) is 1. The Morgan fingerprint density at radius 1 is 1.28 bits per heavy atom. The first kappa shape index (κ1) is 17.9. The molecule has 1 aliphatic rings. The number of nitrogens with zero attached hydrogens (tertiary/aromatic N) is 2. The summed E-state index contributed by atoms with van der Waals surface area (Å²) < 4.78 is 37.9. The zero-order valence-electron chi connectivity index (χ0n) is 13.3. The summed E-state index contributed by atoms with van der Waals surface area (Å²) in [5.74, 6) is -0.821. The van der Waals surface area contributed by atoms with Crippen LogP contribution in [0.3, 0.4) is 0 Å². The molecule has 1 fully saturated rings. The second-order valence-electron chi connectivity index (χ2n) is 6.04. The van der Waals surface area contributed by atoms with Crippen molar-refractivity contribution in [2.24, 2.45) is 0 Å². The Kier molecular flexibility index (Phi) is 5.10. The van der Waals surface area contributed by atoms with Crippen molar-refractivity contribution in [1.29, 1.82) is 0 Å². The molecule has 1 saturated heterocycles. The van der Waals surface area contributed by atoms with E-state index < -0.39 is 23.8 Å². The maximum absolute atomic E-state index is 12.6. The number of carboxylic acid groups (broad SMARTS) is 1. The van der Waals surface area contributed by atoms with Crippen LogP contribution in [0.5, 0.6) is 0 Å². The van der Waals surface area contributed by atoms with Crippen LogP contribution >= 0.6 is 11.3 Å². The molecular formula is C17H17F3N2O2S. The van der Waals surface area contributed by atoms with Gasteiger partial charge in [0.1, 0.15) is 11.0 Å². The Morgan fingerprint density at radius 2 is 2.00 bits per heavy atom. The molecule has 1 N–H and O–H groups in total. The third-order valence-electron chi connectivity index (χ3n) is 4.27. The molecule has 25 heavy (non-hydrogen) atoms. The summed E-state index contributed by atoms with van der Waals surface area (Å²) >= 11 is 1.35.